The molecular formula is C13H25NO4S. The van der Waals surface area contributed by atoms with E-state index in [0.717, 1.165) is 0 Å². The van der Waals surface area contributed by atoms with Crippen LogP contribution in [0.4, 0.5) is 0 Å². The minimum Gasteiger partial charge on any atom is -0.378 e. The molecule has 0 aromatic rings. The van der Waals surface area contributed by atoms with Crippen LogP contribution in [0, 0.1) is 11.8 Å². The second-order valence-electron chi connectivity index (χ2n) is 5.95. The maximum absolute atomic E-state index is 12.6. The fourth-order valence-corrected chi connectivity index (χ4v) is 4.97. The number of sulfonamides is 1. The van der Waals surface area contributed by atoms with E-state index in [1.807, 2.05) is 6.92 Å². The Morgan fingerprint density at radius 2 is 1.95 bits per heavy atom. The summed E-state index contributed by atoms with van der Waals surface area (Å²) < 4.78 is 37.8. The molecule has 0 spiro atoms. The predicted molar refractivity (Wildman–Crippen MR) is 73.5 cm³/mol. The smallest absolute Gasteiger partial charge is 0.217 e. The van der Waals surface area contributed by atoms with Crippen molar-refractivity contribution in [1.29, 1.82) is 0 Å². The monoisotopic (exact) mass is 291 g/mol. The lowest BCUT2D eigenvalue weighted by Gasteiger charge is -2.29. The quantitative estimate of drug-likeness (QED) is 0.761. The molecule has 112 valence electrons. The van der Waals surface area contributed by atoms with Gasteiger partial charge >= 0.3 is 0 Å². The summed E-state index contributed by atoms with van der Waals surface area (Å²) in [5.41, 5.74) is -0.636. The molecule has 3 unspecified atom stereocenters. The first-order valence-corrected chi connectivity index (χ1v) is 8.69. The molecule has 0 N–H and O–H groups in total. The van der Waals surface area contributed by atoms with E-state index < -0.39 is 15.6 Å². The van der Waals surface area contributed by atoms with Gasteiger partial charge in [0.25, 0.3) is 0 Å². The molecular weight excluding hydrogens is 266 g/mol. The molecule has 19 heavy (non-hydrogen) atoms. The van der Waals surface area contributed by atoms with Gasteiger partial charge in [-0.25, -0.2) is 12.7 Å². The van der Waals surface area contributed by atoms with E-state index in [-0.39, 0.29) is 5.75 Å². The largest absolute Gasteiger partial charge is 0.378 e. The Kier molecular flexibility index (Phi) is 4.55. The van der Waals surface area contributed by atoms with E-state index in [1.165, 1.54) is 0 Å². The van der Waals surface area contributed by atoms with Gasteiger partial charge in [-0.3, -0.25) is 0 Å². The molecule has 3 atom stereocenters. The maximum Gasteiger partial charge on any atom is 0.217 e. The van der Waals surface area contributed by atoms with Crippen LogP contribution < -0.4 is 0 Å². The van der Waals surface area contributed by atoms with Gasteiger partial charge in [0.1, 0.15) is 5.60 Å². The molecule has 0 amide bonds. The molecule has 6 heteroatoms. The van der Waals surface area contributed by atoms with Gasteiger partial charge in [0.2, 0.25) is 10.0 Å². The topological polar surface area (TPSA) is 55.8 Å². The van der Waals surface area contributed by atoms with Gasteiger partial charge in [-0.05, 0) is 18.8 Å². The summed E-state index contributed by atoms with van der Waals surface area (Å²) >= 11 is 0. The molecule has 0 bridgehead atoms. The van der Waals surface area contributed by atoms with E-state index in [2.05, 4.69) is 13.8 Å². The van der Waals surface area contributed by atoms with Crippen molar-refractivity contribution < 1.29 is 17.9 Å². The molecule has 2 heterocycles. The summed E-state index contributed by atoms with van der Waals surface area (Å²) in [6.07, 6.45) is 0.666. The Hall–Kier alpha value is -0.170. The van der Waals surface area contributed by atoms with Gasteiger partial charge in [-0.1, -0.05) is 13.8 Å². The zero-order valence-electron chi connectivity index (χ0n) is 12.1. The van der Waals surface area contributed by atoms with Crippen LogP contribution in [0.25, 0.3) is 0 Å². The van der Waals surface area contributed by atoms with Crippen LogP contribution in [0.1, 0.15) is 27.2 Å². The van der Waals surface area contributed by atoms with E-state index >= 15 is 0 Å². The third-order valence-electron chi connectivity index (χ3n) is 4.31. The van der Waals surface area contributed by atoms with Gasteiger partial charge in [0.15, 0.2) is 0 Å². The molecule has 5 nitrogen and oxygen atoms in total. The van der Waals surface area contributed by atoms with Crippen molar-refractivity contribution >= 4 is 10.0 Å². The molecule has 2 saturated heterocycles. The molecule has 0 saturated carbocycles. The maximum atomic E-state index is 12.6. The normalized spacial score (nSPS) is 37.0. The molecule has 2 fully saturated rings. The third-order valence-corrected chi connectivity index (χ3v) is 6.29. The van der Waals surface area contributed by atoms with Gasteiger partial charge < -0.3 is 9.47 Å². The lowest BCUT2D eigenvalue weighted by molar-refractivity contribution is -0.0272. The Bertz CT molecular complexity index is 393. The summed E-state index contributed by atoms with van der Waals surface area (Å²) in [7, 11) is -3.26. The average Bonchev–Trinajstić information content (AvgIpc) is 2.88. The standard InChI is InChI=1S/C13H25NO4S/c1-4-18-13(5-6-17-9-13)10-19(15,16)14-7-11(2)12(3)8-14/h11-12H,4-10H2,1-3H3. The summed E-state index contributed by atoms with van der Waals surface area (Å²) in [5.74, 6) is 0.906. The summed E-state index contributed by atoms with van der Waals surface area (Å²) in [5, 5.41) is 0. The Morgan fingerprint density at radius 3 is 2.42 bits per heavy atom. The summed E-state index contributed by atoms with van der Waals surface area (Å²) in [6.45, 7) is 8.87. The first kappa shape index (κ1) is 15.2. The minimum absolute atomic E-state index is 0.0489. The van der Waals surface area contributed by atoms with Crippen molar-refractivity contribution in [3.05, 3.63) is 0 Å². The van der Waals surface area contributed by atoms with E-state index in [4.69, 9.17) is 9.47 Å². The highest BCUT2D eigenvalue weighted by atomic mass is 32.2. The molecule has 0 radical (unpaired) electrons. The average molecular weight is 291 g/mol. The molecule has 2 aliphatic heterocycles. The molecule has 0 aromatic carbocycles. The van der Waals surface area contributed by atoms with Crippen LogP contribution in [0.5, 0.6) is 0 Å². The fraction of sp³-hybridized carbons (Fsp3) is 1.00. The molecule has 2 aliphatic rings. The van der Waals surface area contributed by atoms with E-state index in [9.17, 15) is 8.42 Å². The predicted octanol–water partition coefficient (Wildman–Crippen LogP) is 1.10. The van der Waals surface area contributed by atoms with Gasteiger partial charge in [-0.15, -0.1) is 0 Å². The van der Waals surface area contributed by atoms with Crippen LogP contribution in [-0.4, -0.2) is 57.0 Å². The first-order valence-electron chi connectivity index (χ1n) is 7.08. The zero-order valence-corrected chi connectivity index (χ0v) is 12.9. The van der Waals surface area contributed by atoms with Crippen LogP contribution >= 0.6 is 0 Å². The minimum atomic E-state index is -3.26. The van der Waals surface area contributed by atoms with E-state index in [1.54, 1.807) is 4.31 Å². The van der Waals surface area contributed by atoms with Crippen LogP contribution in [-0.2, 0) is 19.5 Å². The number of hydrogen-bond donors (Lipinski definition) is 0. The number of hydrogen-bond acceptors (Lipinski definition) is 4. The van der Waals surface area contributed by atoms with E-state index in [0.29, 0.717) is 51.2 Å². The van der Waals surface area contributed by atoms with Gasteiger partial charge in [0, 0.05) is 32.7 Å². The third kappa shape index (κ3) is 3.29. The second kappa shape index (κ2) is 5.68. The fourth-order valence-electron chi connectivity index (χ4n) is 2.89. The molecule has 0 aromatic heterocycles. The van der Waals surface area contributed by atoms with Gasteiger partial charge in [0.05, 0.1) is 12.4 Å². The second-order valence-corrected chi connectivity index (χ2v) is 7.92. The SMILES string of the molecule is CCOC1(CS(=O)(=O)N2CC(C)C(C)C2)CCOC1. The van der Waals surface area contributed by atoms with Crippen LogP contribution in [0.3, 0.4) is 0 Å². The van der Waals surface area contributed by atoms with Crippen molar-refractivity contribution in [2.24, 2.45) is 11.8 Å². The Labute approximate surface area is 116 Å². The summed E-state index contributed by atoms with van der Waals surface area (Å²) in [6, 6.07) is 0. The van der Waals surface area contributed by atoms with Crippen LogP contribution in [0.2, 0.25) is 0 Å². The Balaban J connectivity index is 2.08. The Morgan fingerprint density at radius 1 is 1.32 bits per heavy atom. The van der Waals surface area contributed by atoms with Crippen LogP contribution in [0.15, 0.2) is 0 Å². The highest BCUT2D eigenvalue weighted by Gasteiger charge is 2.44. The number of rotatable bonds is 5. The lowest BCUT2D eigenvalue weighted by atomic mass is 10.0. The highest BCUT2D eigenvalue weighted by Crippen LogP contribution is 2.30. The number of nitrogens with zero attached hydrogens (tertiary/aromatic N) is 1. The van der Waals surface area contributed by atoms with Gasteiger partial charge in [-0.2, -0.15) is 0 Å². The molecule has 2 rings (SSSR count). The summed E-state index contributed by atoms with van der Waals surface area (Å²) in [4.78, 5) is 0. The highest BCUT2D eigenvalue weighted by molar-refractivity contribution is 7.89. The lowest BCUT2D eigenvalue weighted by Crippen LogP contribution is -2.45. The van der Waals surface area contributed by atoms with Crippen molar-refractivity contribution in [3.8, 4) is 0 Å². The zero-order chi connectivity index (χ0) is 14.1. The van der Waals surface area contributed by atoms with Crippen molar-refractivity contribution in [2.75, 3.05) is 38.7 Å². The number of ether oxygens (including phenoxy) is 2. The first-order chi connectivity index (χ1) is 8.88. The molecule has 0 aliphatic carbocycles. The van der Waals surface area contributed by atoms with Crippen molar-refractivity contribution in [1.82, 2.24) is 4.31 Å². The van der Waals surface area contributed by atoms with Crippen molar-refractivity contribution in [2.45, 2.75) is 32.8 Å². The van der Waals surface area contributed by atoms with Crippen molar-refractivity contribution in [3.63, 3.8) is 0 Å².